The summed E-state index contributed by atoms with van der Waals surface area (Å²) < 4.78 is 2.80. The number of aromatic nitrogens is 4. The summed E-state index contributed by atoms with van der Waals surface area (Å²) in [5.74, 6) is -0.311. The van der Waals surface area contributed by atoms with Crippen molar-refractivity contribution in [2.75, 3.05) is 17.2 Å². The number of rotatable bonds is 7. The van der Waals surface area contributed by atoms with Gasteiger partial charge in [-0.3, -0.25) is 23.8 Å². The summed E-state index contributed by atoms with van der Waals surface area (Å²) in [5, 5.41) is 4.61. The molecule has 0 aromatic carbocycles. The molecule has 0 saturated carbocycles. The van der Waals surface area contributed by atoms with Gasteiger partial charge in [0, 0.05) is 31.8 Å². The Hall–Kier alpha value is -2.81. The molecule has 2 aromatic heterocycles. The first-order valence-electron chi connectivity index (χ1n) is 9.75. The monoisotopic (exact) mass is 436 g/mol. The van der Waals surface area contributed by atoms with Crippen LogP contribution >= 0.6 is 11.6 Å². The lowest BCUT2D eigenvalue weighted by molar-refractivity contribution is -0.114. The second kappa shape index (κ2) is 9.34. The topological polar surface area (TPSA) is 119 Å². The fourth-order valence-corrected chi connectivity index (χ4v) is 3.36. The van der Waals surface area contributed by atoms with Crippen LogP contribution in [0.2, 0.25) is 5.15 Å². The molecule has 0 spiro atoms. The predicted molar refractivity (Wildman–Crippen MR) is 120 cm³/mol. The van der Waals surface area contributed by atoms with Crippen molar-refractivity contribution in [1.29, 1.82) is 0 Å². The van der Waals surface area contributed by atoms with Gasteiger partial charge in [0.2, 0.25) is 0 Å². The van der Waals surface area contributed by atoms with Gasteiger partial charge in [-0.1, -0.05) is 39.3 Å². The number of hydrogen-bond donors (Lipinski definition) is 2. The van der Waals surface area contributed by atoms with E-state index in [0.29, 0.717) is 23.0 Å². The number of hydrogen-bond acceptors (Lipinski definition) is 5. The number of nitrogens with one attached hydrogen (secondary N) is 1. The van der Waals surface area contributed by atoms with Crippen LogP contribution in [0.5, 0.6) is 0 Å². The Morgan fingerprint density at radius 2 is 1.90 bits per heavy atom. The van der Waals surface area contributed by atoms with E-state index >= 15 is 0 Å². The van der Waals surface area contributed by atoms with Gasteiger partial charge in [-0.15, -0.1) is 0 Å². The number of halogens is 1. The van der Waals surface area contributed by atoms with Crippen molar-refractivity contribution >= 4 is 35.1 Å². The lowest BCUT2D eigenvalue weighted by atomic mass is 10.1. The maximum absolute atomic E-state index is 13.1. The van der Waals surface area contributed by atoms with Crippen molar-refractivity contribution in [2.24, 2.45) is 18.9 Å². The molecule has 0 radical (unpaired) electrons. The molecular weight excluding hydrogens is 408 g/mol. The van der Waals surface area contributed by atoms with Crippen LogP contribution in [0.15, 0.2) is 15.7 Å². The second-order valence-corrected chi connectivity index (χ2v) is 8.45. The second-order valence-electron chi connectivity index (χ2n) is 8.09. The van der Waals surface area contributed by atoms with Gasteiger partial charge in [0.25, 0.3) is 11.5 Å². The summed E-state index contributed by atoms with van der Waals surface area (Å²) in [6.45, 7) is 10.0. The average molecular weight is 437 g/mol. The molecule has 0 fully saturated rings. The number of nitrogens with zero attached hydrogens (tertiary/aromatic N) is 4. The number of nitrogens with two attached hydrogens (primary N) is 1. The molecule has 164 valence electrons. The summed E-state index contributed by atoms with van der Waals surface area (Å²) >= 11 is 6.23. The standard InChI is InChI=1S/C20H29ClN6O3/c1-11(2)9-26(15(28)8-7-14-13(5)24-25(6)17(14)21)16-18(22)27(10-12(3)4)20(30)23-19(16)29/h7-8,11-12H,9-10,22H2,1-6H3,(H,23,29,30)/b8-7+. The van der Waals surface area contributed by atoms with E-state index in [9.17, 15) is 14.4 Å². The highest BCUT2D eigenvalue weighted by Gasteiger charge is 2.24. The third-order valence-electron chi connectivity index (χ3n) is 4.43. The number of carbonyl (C=O) groups is 1. The number of H-pyrrole nitrogens is 1. The van der Waals surface area contributed by atoms with Gasteiger partial charge in [-0.2, -0.15) is 5.10 Å². The largest absolute Gasteiger partial charge is 0.383 e. The normalized spacial score (nSPS) is 11.8. The lowest BCUT2D eigenvalue weighted by Crippen LogP contribution is -2.42. The summed E-state index contributed by atoms with van der Waals surface area (Å²) in [5.41, 5.74) is 6.15. The van der Waals surface area contributed by atoms with Crippen molar-refractivity contribution in [1.82, 2.24) is 19.3 Å². The minimum atomic E-state index is -0.699. The fraction of sp³-hybridized carbons (Fsp3) is 0.500. The molecule has 0 aliphatic rings. The van der Waals surface area contributed by atoms with E-state index in [4.69, 9.17) is 17.3 Å². The molecule has 2 heterocycles. The first kappa shape index (κ1) is 23.5. The first-order valence-corrected chi connectivity index (χ1v) is 10.1. The SMILES string of the molecule is Cc1nn(C)c(Cl)c1/C=C/C(=O)N(CC(C)C)c1c(N)n(CC(C)C)c(=O)[nH]c1=O. The van der Waals surface area contributed by atoms with Crippen LogP contribution in [0.3, 0.4) is 0 Å². The molecule has 1 amide bonds. The van der Waals surface area contributed by atoms with Crippen molar-refractivity contribution < 1.29 is 4.79 Å². The number of aryl methyl sites for hydroxylation is 2. The molecule has 0 saturated heterocycles. The van der Waals surface area contributed by atoms with E-state index in [-0.39, 0.29) is 29.9 Å². The minimum absolute atomic E-state index is 0.0320. The van der Waals surface area contributed by atoms with Crippen molar-refractivity contribution in [2.45, 2.75) is 41.2 Å². The minimum Gasteiger partial charge on any atom is -0.383 e. The zero-order chi connectivity index (χ0) is 22.7. The van der Waals surface area contributed by atoms with Crippen molar-refractivity contribution in [3.05, 3.63) is 43.3 Å². The zero-order valence-electron chi connectivity index (χ0n) is 18.2. The Kier molecular flexibility index (Phi) is 7.30. The molecule has 0 unspecified atom stereocenters. The molecule has 9 nitrogen and oxygen atoms in total. The van der Waals surface area contributed by atoms with Gasteiger partial charge < -0.3 is 10.6 Å². The Bertz CT molecular complexity index is 1080. The molecule has 2 rings (SSSR count). The number of carbonyl (C=O) groups excluding carboxylic acids is 1. The predicted octanol–water partition coefficient (Wildman–Crippen LogP) is 2.17. The fourth-order valence-electron chi connectivity index (χ4n) is 3.12. The maximum Gasteiger partial charge on any atom is 0.330 e. The smallest absolute Gasteiger partial charge is 0.330 e. The Balaban J connectivity index is 2.55. The van der Waals surface area contributed by atoms with E-state index in [1.54, 1.807) is 20.0 Å². The van der Waals surface area contributed by atoms with Gasteiger partial charge in [-0.25, -0.2) is 4.79 Å². The lowest BCUT2D eigenvalue weighted by Gasteiger charge is -2.25. The highest BCUT2D eigenvalue weighted by Crippen LogP contribution is 2.22. The molecule has 0 atom stereocenters. The molecule has 0 aliphatic heterocycles. The molecular formula is C20H29ClN6O3. The Morgan fingerprint density at radius 3 is 2.40 bits per heavy atom. The van der Waals surface area contributed by atoms with Crippen LogP contribution in [0.25, 0.3) is 6.08 Å². The maximum atomic E-state index is 13.1. The number of aromatic amines is 1. The average Bonchev–Trinajstić information content (AvgIpc) is 2.87. The summed E-state index contributed by atoms with van der Waals surface area (Å²) in [6, 6.07) is 0. The molecule has 3 N–H and O–H groups in total. The Morgan fingerprint density at radius 1 is 1.27 bits per heavy atom. The molecule has 10 heteroatoms. The van der Waals surface area contributed by atoms with Gasteiger partial charge in [0.15, 0.2) is 5.69 Å². The van der Waals surface area contributed by atoms with Gasteiger partial charge >= 0.3 is 5.69 Å². The molecule has 2 aromatic rings. The first-order chi connectivity index (χ1) is 13.9. The quantitative estimate of drug-likeness (QED) is 0.644. The molecule has 30 heavy (non-hydrogen) atoms. The summed E-state index contributed by atoms with van der Waals surface area (Å²) in [7, 11) is 1.71. The van der Waals surface area contributed by atoms with E-state index in [1.165, 1.54) is 20.2 Å². The van der Waals surface area contributed by atoms with E-state index in [0.717, 1.165) is 0 Å². The van der Waals surface area contributed by atoms with Crippen LogP contribution < -0.4 is 21.9 Å². The van der Waals surface area contributed by atoms with Crippen molar-refractivity contribution in [3.63, 3.8) is 0 Å². The number of nitrogen functional groups attached to an aromatic ring is 1. The molecule has 0 bridgehead atoms. The van der Waals surface area contributed by atoms with E-state index in [2.05, 4.69) is 10.1 Å². The Labute approximate surface area is 180 Å². The van der Waals surface area contributed by atoms with Crippen LogP contribution in [-0.2, 0) is 18.4 Å². The zero-order valence-corrected chi connectivity index (χ0v) is 18.9. The van der Waals surface area contributed by atoms with Crippen LogP contribution in [0, 0.1) is 18.8 Å². The van der Waals surface area contributed by atoms with Gasteiger partial charge in [0.05, 0.1) is 5.69 Å². The van der Waals surface area contributed by atoms with E-state index in [1.807, 2.05) is 27.7 Å². The van der Waals surface area contributed by atoms with Gasteiger partial charge in [-0.05, 0) is 24.8 Å². The van der Waals surface area contributed by atoms with Crippen LogP contribution in [0.4, 0.5) is 11.5 Å². The number of anilines is 2. The molecule has 0 aliphatic carbocycles. The third-order valence-corrected chi connectivity index (χ3v) is 4.88. The number of amides is 1. The third kappa shape index (κ3) is 5.02. The van der Waals surface area contributed by atoms with Crippen LogP contribution in [0.1, 0.15) is 39.0 Å². The highest BCUT2D eigenvalue weighted by atomic mass is 35.5. The van der Waals surface area contributed by atoms with Crippen molar-refractivity contribution in [3.8, 4) is 0 Å². The summed E-state index contributed by atoms with van der Waals surface area (Å²) in [4.78, 5) is 41.5. The highest BCUT2D eigenvalue weighted by molar-refractivity contribution is 6.31. The summed E-state index contributed by atoms with van der Waals surface area (Å²) in [6.07, 6.45) is 2.89. The van der Waals surface area contributed by atoms with Gasteiger partial charge in [0.1, 0.15) is 11.0 Å². The van der Waals surface area contributed by atoms with E-state index < -0.39 is 17.2 Å². The van der Waals surface area contributed by atoms with Crippen LogP contribution in [-0.4, -0.2) is 31.8 Å².